The van der Waals surface area contributed by atoms with Gasteiger partial charge in [0.1, 0.15) is 0 Å². The molecule has 0 saturated heterocycles. The molecule has 1 aromatic rings. The molecule has 0 aliphatic carbocycles. The van der Waals surface area contributed by atoms with Gasteiger partial charge >= 0.3 is 5.97 Å². The molecule has 1 amide bonds. The number of nitrogens with zero attached hydrogens (tertiary/aromatic N) is 1. The zero-order valence-corrected chi connectivity index (χ0v) is 12.8. The van der Waals surface area contributed by atoms with E-state index in [2.05, 4.69) is 11.4 Å². The van der Waals surface area contributed by atoms with Crippen molar-refractivity contribution >= 4 is 11.9 Å². The number of hydrogen-bond acceptors (Lipinski definition) is 3. The highest BCUT2D eigenvalue weighted by Gasteiger charge is 2.12. The van der Waals surface area contributed by atoms with Crippen LogP contribution in [-0.2, 0) is 16.0 Å². The molecule has 0 saturated carbocycles. The third kappa shape index (κ3) is 6.90. The Labute approximate surface area is 126 Å². The van der Waals surface area contributed by atoms with Crippen molar-refractivity contribution in [2.24, 2.45) is 0 Å². The maximum Gasteiger partial charge on any atom is 0.317 e. The van der Waals surface area contributed by atoms with E-state index in [1.165, 1.54) is 11.1 Å². The highest BCUT2D eigenvalue weighted by Crippen LogP contribution is 2.06. The van der Waals surface area contributed by atoms with Gasteiger partial charge in [0.2, 0.25) is 5.91 Å². The summed E-state index contributed by atoms with van der Waals surface area (Å²) in [4.78, 5) is 24.2. The SMILES string of the molecule is CCCN(CC(=O)O)CC(=O)NCCc1ccccc1C. The molecule has 1 rings (SSSR count). The van der Waals surface area contributed by atoms with Crippen LogP contribution >= 0.6 is 0 Å². The first kappa shape index (κ1) is 17.2. The van der Waals surface area contributed by atoms with Crippen LogP contribution in [0.5, 0.6) is 0 Å². The number of carboxylic acid groups (broad SMARTS) is 1. The molecule has 5 heteroatoms. The molecule has 5 nitrogen and oxygen atoms in total. The lowest BCUT2D eigenvalue weighted by molar-refractivity contribution is -0.138. The standard InChI is InChI=1S/C16H24N2O3/c1-3-10-18(12-16(20)21)11-15(19)17-9-8-14-7-5-4-6-13(14)2/h4-7H,3,8-12H2,1-2H3,(H,17,19)(H,20,21). The Morgan fingerprint density at radius 1 is 1.24 bits per heavy atom. The Morgan fingerprint density at radius 3 is 2.57 bits per heavy atom. The predicted molar refractivity (Wildman–Crippen MR) is 82.3 cm³/mol. The van der Waals surface area contributed by atoms with Gasteiger partial charge in [0, 0.05) is 6.54 Å². The maximum atomic E-state index is 11.8. The fraction of sp³-hybridized carbons (Fsp3) is 0.500. The molecule has 0 spiro atoms. The van der Waals surface area contributed by atoms with Crippen molar-refractivity contribution in [3.63, 3.8) is 0 Å². The van der Waals surface area contributed by atoms with Gasteiger partial charge in [-0.05, 0) is 37.4 Å². The molecule has 0 atom stereocenters. The molecule has 0 unspecified atom stereocenters. The second-order valence-corrected chi connectivity index (χ2v) is 5.13. The van der Waals surface area contributed by atoms with Crippen molar-refractivity contribution in [1.29, 1.82) is 0 Å². The lowest BCUT2D eigenvalue weighted by atomic mass is 10.1. The number of benzene rings is 1. The molecule has 0 aliphatic rings. The maximum absolute atomic E-state index is 11.8. The van der Waals surface area contributed by atoms with Gasteiger partial charge in [-0.2, -0.15) is 0 Å². The number of aryl methyl sites for hydroxylation is 1. The van der Waals surface area contributed by atoms with E-state index in [1.807, 2.05) is 32.0 Å². The fourth-order valence-corrected chi connectivity index (χ4v) is 2.21. The number of nitrogens with one attached hydrogen (secondary N) is 1. The molecule has 116 valence electrons. The van der Waals surface area contributed by atoms with Crippen molar-refractivity contribution < 1.29 is 14.7 Å². The Bertz CT molecular complexity index is 474. The normalized spacial score (nSPS) is 10.6. The van der Waals surface area contributed by atoms with Crippen LogP contribution in [0.15, 0.2) is 24.3 Å². The summed E-state index contributed by atoms with van der Waals surface area (Å²) in [7, 11) is 0. The third-order valence-electron chi connectivity index (χ3n) is 3.24. The zero-order chi connectivity index (χ0) is 15.7. The first-order valence-corrected chi connectivity index (χ1v) is 7.28. The summed E-state index contributed by atoms with van der Waals surface area (Å²) in [6.45, 7) is 5.22. The van der Waals surface area contributed by atoms with Gasteiger partial charge in [-0.1, -0.05) is 31.2 Å². The van der Waals surface area contributed by atoms with Crippen LogP contribution in [0.2, 0.25) is 0 Å². The van der Waals surface area contributed by atoms with Gasteiger partial charge < -0.3 is 10.4 Å². The molecule has 0 heterocycles. The monoisotopic (exact) mass is 292 g/mol. The lowest BCUT2D eigenvalue weighted by Crippen LogP contribution is -2.40. The summed E-state index contributed by atoms with van der Waals surface area (Å²) in [5.74, 6) is -1.03. The van der Waals surface area contributed by atoms with Gasteiger partial charge in [0.15, 0.2) is 0 Å². The highest BCUT2D eigenvalue weighted by molar-refractivity contribution is 5.79. The van der Waals surface area contributed by atoms with Gasteiger partial charge in [0.05, 0.1) is 13.1 Å². The largest absolute Gasteiger partial charge is 0.480 e. The van der Waals surface area contributed by atoms with E-state index in [0.29, 0.717) is 13.1 Å². The summed E-state index contributed by atoms with van der Waals surface area (Å²) in [6, 6.07) is 8.08. The average molecular weight is 292 g/mol. The second-order valence-electron chi connectivity index (χ2n) is 5.13. The molecular formula is C16H24N2O3. The minimum atomic E-state index is -0.906. The Hall–Kier alpha value is -1.88. The van der Waals surface area contributed by atoms with E-state index in [0.717, 1.165) is 12.8 Å². The third-order valence-corrected chi connectivity index (χ3v) is 3.24. The predicted octanol–water partition coefficient (Wildman–Crippen LogP) is 1.45. The van der Waals surface area contributed by atoms with Gasteiger partial charge in [-0.3, -0.25) is 14.5 Å². The Balaban J connectivity index is 2.35. The van der Waals surface area contributed by atoms with E-state index in [4.69, 9.17) is 5.11 Å². The van der Waals surface area contributed by atoms with Gasteiger partial charge in [0.25, 0.3) is 0 Å². The quantitative estimate of drug-likeness (QED) is 0.723. The Kier molecular flexibility index (Phi) is 7.46. The van der Waals surface area contributed by atoms with Crippen LogP contribution in [0.4, 0.5) is 0 Å². The molecule has 0 radical (unpaired) electrons. The smallest absolute Gasteiger partial charge is 0.317 e. The van der Waals surface area contributed by atoms with Gasteiger partial charge in [-0.25, -0.2) is 0 Å². The van der Waals surface area contributed by atoms with Crippen LogP contribution in [0.1, 0.15) is 24.5 Å². The summed E-state index contributed by atoms with van der Waals surface area (Å²) in [6.07, 6.45) is 1.61. The average Bonchev–Trinajstić information content (AvgIpc) is 2.40. The van der Waals surface area contributed by atoms with Crippen LogP contribution < -0.4 is 5.32 Å². The first-order valence-electron chi connectivity index (χ1n) is 7.28. The van der Waals surface area contributed by atoms with Gasteiger partial charge in [-0.15, -0.1) is 0 Å². The molecule has 0 aliphatic heterocycles. The number of hydrogen-bond donors (Lipinski definition) is 2. The van der Waals surface area contributed by atoms with E-state index in [9.17, 15) is 9.59 Å². The molecule has 21 heavy (non-hydrogen) atoms. The van der Waals surface area contributed by atoms with Crippen molar-refractivity contribution in [2.45, 2.75) is 26.7 Å². The topological polar surface area (TPSA) is 69.6 Å². The molecule has 0 aromatic heterocycles. The molecule has 1 aromatic carbocycles. The van der Waals surface area contributed by atoms with Crippen LogP contribution in [0.3, 0.4) is 0 Å². The molecule has 0 bridgehead atoms. The minimum absolute atomic E-state index is 0.0982. The van der Waals surface area contributed by atoms with Crippen molar-refractivity contribution in [1.82, 2.24) is 10.2 Å². The van der Waals surface area contributed by atoms with E-state index < -0.39 is 5.97 Å². The lowest BCUT2D eigenvalue weighted by Gasteiger charge is -2.18. The first-order chi connectivity index (χ1) is 10.0. The van der Waals surface area contributed by atoms with Crippen molar-refractivity contribution in [2.75, 3.05) is 26.2 Å². The van der Waals surface area contributed by atoms with E-state index in [1.54, 1.807) is 4.90 Å². The second kappa shape index (κ2) is 9.13. The molecule has 0 fully saturated rings. The minimum Gasteiger partial charge on any atom is -0.480 e. The van der Waals surface area contributed by atoms with Crippen LogP contribution in [-0.4, -0.2) is 48.1 Å². The number of amides is 1. The zero-order valence-electron chi connectivity index (χ0n) is 12.8. The number of rotatable bonds is 9. The van der Waals surface area contributed by atoms with Crippen LogP contribution in [0.25, 0.3) is 0 Å². The highest BCUT2D eigenvalue weighted by atomic mass is 16.4. The molecule has 2 N–H and O–H groups in total. The summed E-state index contributed by atoms with van der Waals surface area (Å²) >= 11 is 0. The number of carbonyl (C=O) groups is 2. The van der Waals surface area contributed by atoms with Crippen LogP contribution in [0, 0.1) is 6.92 Å². The number of carboxylic acids is 1. The summed E-state index contributed by atoms with van der Waals surface area (Å²) < 4.78 is 0. The molecular weight excluding hydrogens is 268 g/mol. The Morgan fingerprint density at radius 2 is 1.95 bits per heavy atom. The summed E-state index contributed by atoms with van der Waals surface area (Å²) in [5.41, 5.74) is 2.43. The van der Waals surface area contributed by atoms with E-state index in [-0.39, 0.29) is 19.0 Å². The fourth-order valence-electron chi connectivity index (χ4n) is 2.21. The summed E-state index contributed by atoms with van der Waals surface area (Å²) in [5, 5.41) is 11.7. The van der Waals surface area contributed by atoms with Crippen molar-refractivity contribution in [3.8, 4) is 0 Å². The van der Waals surface area contributed by atoms with Crippen molar-refractivity contribution in [3.05, 3.63) is 35.4 Å². The number of aliphatic carboxylic acids is 1. The van der Waals surface area contributed by atoms with E-state index >= 15 is 0 Å². The number of carbonyl (C=O) groups excluding carboxylic acids is 1.